The van der Waals surface area contributed by atoms with Crippen molar-refractivity contribution in [1.82, 2.24) is 9.62 Å². The maximum atomic E-state index is 13.3. The topological polar surface area (TPSA) is 95.9 Å². The zero-order chi connectivity index (χ0) is 21.6. The van der Waals surface area contributed by atoms with Gasteiger partial charge in [-0.05, 0) is 37.8 Å². The number of piperidine rings is 1. The second-order valence-corrected chi connectivity index (χ2v) is 10.3. The highest BCUT2D eigenvalue weighted by atomic mass is 32.2. The van der Waals surface area contributed by atoms with Crippen LogP contribution in [0.4, 0.5) is 0 Å². The van der Waals surface area contributed by atoms with E-state index in [9.17, 15) is 18.3 Å². The molecule has 0 radical (unpaired) electrons. The van der Waals surface area contributed by atoms with Crippen molar-refractivity contribution in [2.75, 3.05) is 20.2 Å². The van der Waals surface area contributed by atoms with E-state index in [1.165, 1.54) is 48.9 Å². The summed E-state index contributed by atoms with van der Waals surface area (Å²) in [5.41, 5.74) is 0. The molecule has 1 saturated heterocycles. The Hall–Kier alpha value is -1.80. The average molecular weight is 471 g/mol. The molecule has 1 amide bonds. The largest absolute Gasteiger partial charge is 0.504 e. The van der Waals surface area contributed by atoms with Crippen LogP contribution in [-0.2, 0) is 14.8 Å². The number of benzene rings is 1. The molecule has 184 valence electrons. The minimum atomic E-state index is -3.75. The number of hydrogen-bond acceptors (Lipinski definition) is 5. The molecule has 0 bridgehead atoms. The fraction of sp³-hybridized carbons (Fsp3) is 0.708. The molecule has 1 aliphatic heterocycles. The number of sulfonamides is 1. The van der Waals surface area contributed by atoms with Gasteiger partial charge in [0.15, 0.2) is 11.5 Å². The number of ether oxygens (including phenoxy) is 1. The van der Waals surface area contributed by atoms with Crippen molar-refractivity contribution in [3.63, 3.8) is 0 Å². The normalized spacial score (nSPS) is 20.7. The minimum Gasteiger partial charge on any atom is -0.504 e. The first-order valence-electron chi connectivity index (χ1n) is 11.1. The Morgan fingerprint density at radius 1 is 1.06 bits per heavy atom. The SMILES string of the molecule is C.C.COc1cc(S(=O)(=O)N2CCCCC2CNC(=O)C2CCCCCCC2)ccc1O. The van der Waals surface area contributed by atoms with Crippen molar-refractivity contribution < 1.29 is 23.1 Å². The molecule has 1 unspecified atom stereocenters. The lowest BCUT2D eigenvalue weighted by atomic mass is 9.90. The van der Waals surface area contributed by atoms with Gasteiger partial charge < -0.3 is 15.2 Å². The molecule has 0 aromatic heterocycles. The molecule has 1 aliphatic carbocycles. The van der Waals surface area contributed by atoms with Gasteiger partial charge in [-0.3, -0.25) is 4.79 Å². The van der Waals surface area contributed by atoms with Gasteiger partial charge in [0, 0.05) is 31.1 Å². The van der Waals surface area contributed by atoms with E-state index in [-0.39, 0.29) is 49.1 Å². The molecule has 1 atom stereocenters. The predicted octanol–water partition coefficient (Wildman–Crippen LogP) is 4.69. The number of rotatable bonds is 6. The smallest absolute Gasteiger partial charge is 0.243 e. The van der Waals surface area contributed by atoms with Gasteiger partial charge in [-0.2, -0.15) is 4.31 Å². The third-order valence-electron chi connectivity index (χ3n) is 6.32. The standard InChI is InChI=1S/C22H34N2O5S.2CH4/c1-29-21-15-19(12-13-20(21)25)30(27,28)24-14-8-7-11-18(24)16-23-22(26)17-9-5-3-2-4-6-10-17;;/h12-13,15,17-18,25H,2-11,14,16H2,1H3,(H,23,26);2*1H4. The van der Waals surface area contributed by atoms with E-state index in [1.54, 1.807) is 0 Å². The molecule has 3 rings (SSSR count). The number of nitrogens with one attached hydrogen (secondary N) is 1. The van der Waals surface area contributed by atoms with E-state index in [1.807, 2.05) is 0 Å². The Kier molecular flexibility index (Phi) is 11.5. The highest BCUT2D eigenvalue weighted by Crippen LogP contribution is 2.32. The monoisotopic (exact) mass is 470 g/mol. The van der Waals surface area contributed by atoms with Crippen LogP contribution in [0.5, 0.6) is 11.5 Å². The van der Waals surface area contributed by atoms with Gasteiger partial charge in [-0.15, -0.1) is 0 Å². The summed E-state index contributed by atoms with van der Waals surface area (Å²) in [7, 11) is -2.36. The predicted molar refractivity (Wildman–Crippen MR) is 128 cm³/mol. The number of amides is 1. The van der Waals surface area contributed by atoms with E-state index in [2.05, 4.69) is 5.32 Å². The first-order valence-corrected chi connectivity index (χ1v) is 12.5. The molecule has 1 aromatic carbocycles. The fourth-order valence-corrected chi connectivity index (χ4v) is 6.24. The van der Waals surface area contributed by atoms with E-state index < -0.39 is 10.0 Å². The van der Waals surface area contributed by atoms with Crippen LogP contribution in [0.25, 0.3) is 0 Å². The molecular formula is C24H42N2O5S. The second-order valence-electron chi connectivity index (χ2n) is 8.39. The molecule has 0 spiro atoms. The fourth-order valence-electron chi connectivity index (χ4n) is 4.53. The summed E-state index contributed by atoms with van der Waals surface area (Å²) in [6, 6.07) is 3.82. The van der Waals surface area contributed by atoms with Gasteiger partial charge >= 0.3 is 0 Å². The summed E-state index contributed by atoms with van der Waals surface area (Å²) in [5.74, 6) is 0.131. The van der Waals surface area contributed by atoms with Gasteiger partial charge in [0.05, 0.1) is 12.0 Å². The highest BCUT2D eigenvalue weighted by molar-refractivity contribution is 7.89. The third-order valence-corrected chi connectivity index (χ3v) is 8.27. The Morgan fingerprint density at radius 3 is 2.34 bits per heavy atom. The first kappa shape index (κ1) is 28.2. The van der Waals surface area contributed by atoms with Gasteiger partial charge in [0.25, 0.3) is 0 Å². The van der Waals surface area contributed by atoms with Crippen LogP contribution in [0.3, 0.4) is 0 Å². The summed E-state index contributed by atoms with van der Waals surface area (Å²) >= 11 is 0. The lowest BCUT2D eigenvalue weighted by Crippen LogP contribution is -2.50. The van der Waals surface area contributed by atoms with Gasteiger partial charge in [-0.25, -0.2) is 8.42 Å². The lowest BCUT2D eigenvalue weighted by molar-refractivity contribution is -0.125. The number of carbonyl (C=O) groups is 1. The summed E-state index contributed by atoms with van der Waals surface area (Å²) in [4.78, 5) is 12.8. The second kappa shape index (κ2) is 13.0. The van der Waals surface area contributed by atoms with Crippen LogP contribution in [0.2, 0.25) is 0 Å². The quantitative estimate of drug-likeness (QED) is 0.629. The number of phenols is 1. The van der Waals surface area contributed by atoms with Gasteiger partial charge in [0.2, 0.25) is 15.9 Å². The Morgan fingerprint density at radius 2 is 1.69 bits per heavy atom. The van der Waals surface area contributed by atoms with Crippen molar-refractivity contribution in [1.29, 1.82) is 0 Å². The Labute approximate surface area is 194 Å². The minimum absolute atomic E-state index is 0. The maximum Gasteiger partial charge on any atom is 0.243 e. The van der Waals surface area contributed by atoms with Crippen LogP contribution in [0, 0.1) is 5.92 Å². The molecule has 1 heterocycles. The molecule has 8 heteroatoms. The number of phenolic OH excluding ortho intramolecular Hbond substituents is 1. The van der Waals surface area contributed by atoms with Crippen molar-refractivity contribution in [3.05, 3.63) is 18.2 Å². The summed E-state index contributed by atoms with van der Waals surface area (Å²) in [6.07, 6.45) is 10.1. The number of carbonyl (C=O) groups excluding carboxylic acids is 1. The molecule has 32 heavy (non-hydrogen) atoms. The molecule has 2 aliphatic rings. The maximum absolute atomic E-state index is 13.3. The molecular weight excluding hydrogens is 428 g/mol. The van der Waals surface area contributed by atoms with Crippen molar-refractivity contribution in [3.8, 4) is 11.5 Å². The van der Waals surface area contributed by atoms with Crippen LogP contribution < -0.4 is 10.1 Å². The van der Waals surface area contributed by atoms with E-state index in [4.69, 9.17) is 4.74 Å². The van der Waals surface area contributed by atoms with Gasteiger partial charge in [-0.1, -0.05) is 53.4 Å². The zero-order valence-corrected chi connectivity index (χ0v) is 18.6. The van der Waals surface area contributed by atoms with Crippen LogP contribution in [0.1, 0.15) is 79.1 Å². The number of aromatic hydroxyl groups is 1. The Balaban J connectivity index is 0.00000256. The number of methoxy groups -OCH3 is 1. The first-order chi connectivity index (χ1) is 14.4. The summed E-state index contributed by atoms with van der Waals surface area (Å²) in [5, 5.41) is 12.8. The van der Waals surface area contributed by atoms with Crippen molar-refractivity contribution in [2.24, 2.45) is 5.92 Å². The van der Waals surface area contributed by atoms with E-state index >= 15 is 0 Å². The molecule has 1 aromatic rings. The molecule has 7 nitrogen and oxygen atoms in total. The zero-order valence-electron chi connectivity index (χ0n) is 17.8. The van der Waals surface area contributed by atoms with Crippen LogP contribution in [-0.4, -0.2) is 50.0 Å². The average Bonchev–Trinajstić information content (AvgIpc) is 2.72. The molecule has 2 N–H and O–H groups in total. The van der Waals surface area contributed by atoms with Crippen molar-refractivity contribution >= 4 is 15.9 Å². The van der Waals surface area contributed by atoms with Crippen molar-refractivity contribution in [2.45, 2.75) is 90.0 Å². The lowest BCUT2D eigenvalue weighted by Gasteiger charge is -2.35. The molecule has 1 saturated carbocycles. The summed E-state index contributed by atoms with van der Waals surface area (Å²) < 4.78 is 33.1. The number of nitrogens with zero attached hydrogens (tertiary/aromatic N) is 1. The summed E-state index contributed by atoms with van der Waals surface area (Å²) in [6.45, 7) is 0.763. The van der Waals surface area contributed by atoms with Gasteiger partial charge in [0.1, 0.15) is 0 Å². The third kappa shape index (κ3) is 6.85. The highest BCUT2D eigenvalue weighted by Gasteiger charge is 2.34. The van der Waals surface area contributed by atoms with E-state index in [0.29, 0.717) is 13.1 Å². The van der Waals surface area contributed by atoms with Crippen LogP contribution >= 0.6 is 0 Å². The van der Waals surface area contributed by atoms with E-state index in [0.717, 1.165) is 44.9 Å². The number of hydrogen-bond donors (Lipinski definition) is 2. The molecule has 2 fully saturated rings. The van der Waals surface area contributed by atoms with Crippen LogP contribution in [0.15, 0.2) is 23.1 Å². The Bertz CT molecular complexity index is 820.